The average Bonchev–Trinajstić information content (AvgIpc) is 3.07. The fourth-order valence-electron chi connectivity index (χ4n) is 2.01. The molecule has 3 heterocycles. The van der Waals surface area contributed by atoms with Gasteiger partial charge >= 0.3 is 6.01 Å². The van der Waals surface area contributed by atoms with Crippen LogP contribution >= 0.6 is 0 Å². The van der Waals surface area contributed by atoms with Gasteiger partial charge in [0.1, 0.15) is 5.69 Å². The SMILES string of the molecule is Cn1cnc(C(=O)Nc2nnc(C3CCCN3)o2)c1. The molecule has 1 aliphatic rings. The molecule has 100 valence electrons. The van der Waals surface area contributed by atoms with E-state index in [0.29, 0.717) is 11.6 Å². The zero-order valence-electron chi connectivity index (χ0n) is 10.5. The molecule has 3 rings (SSSR count). The largest absolute Gasteiger partial charge is 0.406 e. The maximum absolute atomic E-state index is 11.8. The summed E-state index contributed by atoms with van der Waals surface area (Å²) in [6.07, 6.45) is 5.22. The van der Waals surface area contributed by atoms with Crippen LogP contribution in [0.2, 0.25) is 0 Å². The molecule has 0 saturated carbocycles. The molecule has 0 bridgehead atoms. The van der Waals surface area contributed by atoms with Gasteiger partial charge in [-0.2, -0.15) is 0 Å². The topological polar surface area (TPSA) is 97.9 Å². The summed E-state index contributed by atoms with van der Waals surface area (Å²) in [4.78, 5) is 15.8. The lowest BCUT2D eigenvalue weighted by atomic mass is 10.2. The zero-order chi connectivity index (χ0) is 13.2. The summed E-state index contributed by atoms with van der Waals surface area (Å²) < 4.78 is 7.11. The van der Waals surface area contributed by atoms with Crippen LogP contribution in [-0.2, 0) is 7.05 Å². The molecule has 1 atom stereocenters. The number of imidazole rings is 1. The molecule has 2 N–H and O–H groups in total. The summed E-state index contributed by atoms with van der Waals surface area (Å²) in [7, 11) is 1.79. The number of anilines is 1. The second kappa shape index (κ2) is 4.81. The van der Waals surface area contributed by atoms with Gasteiger partial charge in [0.15, 0.2) is 0 Å². The molecule has 0 aliphatic carbocycles. The number of aromatic nitrogens is 4. The Morgan fingerprint density at radius 1 is 1.58 bits per heavy atom. The molecular formula is C11H14N6O2. The van der Waals surface area contributed by atoms with Gasteiger partial charge in [-0.15, -0.1) is 5.10 Å². The summed E-state index contributed by atoms with van der Waals surface area (Å²) in [5, 5.41) is 13.5. The van der Waals surface area contributed by atoms with E-state index >= 15 is 0 Å². The number of hydrogen-bond donors (Lipinski definition) is 2. The number of rotatable bonds is 3. The molecule has 0 spiro atoms. The lowest BCUT2D eigenvalue weighted by Gasteiger charge is -2.02. The van der Waals surface area contributed by atoms with Crippen LogP contribution < -0.4 is 10.6 Å². The molecule has 1 fully saturated rings. The molecule has 0 radical (unpaired) electrons. The van der Waals surface area contributed by atoms with Crippen molar-refractivity contribution >= 4 is 11.9 Å². The lowest BCUT2D eigenvalue weighted by Crippen LogP contribution is -2.13. The first-order valence-electron chi connectivity index (χ1n) is 6.08. The summed E-state index contributed by atoms with van der Waals surface area (Å²) in [5.41, 5.74) is 0.307. The summed E-state index contributed by atoms with van der Waals surface area (Å²) in [5.74, 6) is 0.143. The smallest absolute Gasteiger partial charge is 0.322 e. The van der Waals surface area contributed by atoms with Crippen LogP contribution in [0.15, 0.2) is 16.9 Å². The van der Waals surface area contributed by atoms with Crippen LogP contribution in [0.4, 0.5) is 6.01 Å². The third kappa shape index (κ3) is 2.48. The minimum atomic E-state index is -0.366. The maximum atomic E-state index is 11.8. The first-order chi connectivity index (χ1) is 9.22. The average molecular weight is 262 g/mol. The predicted octanol–water partition coefficient (Wildman–Crippen LogP) is 0.480. The van der Waals surface area contributed by atoms with Gasteiger partial charge < -0.3 is 14.3 Å². The predicted molar refractivity (Wildman–Crippen MR) is 65.4 cm³/mol. The minimum absolute atomic E-state index is 0.0907. The molecule has 19 heavy (non-hydrogen) atoms. The minimum Gasteiger partial charge on any atom is -0.406 e. The first kappa shape index (κ1) is 11.8. The van der Waals surface area contributed by atoms with Gasteiger partial charge in [-0.3, -0.25) is 10.1 Å². The summed E-state index contributed by atoms with van der Waals surface area (Å²) >= 11 is 0. The Balaban J connectivity index is 1.68. The molecule has 0 aromatic carbocycles. The molecule has 2 aromatic heterocycles. The highest BCUT2D eigenvalue weighted by Crippen LogP contribution is 2.22. The van der Waals surface area contributed by atoms with Crippen molar-refractivity contribution in [3.05, 3.63) is 24.1 Å². The van der Waals surface area contributed by atoms with E-state index in [4.69, 9.17) is 4.42 Å². The van der Waals surface area contributed by atoms with Crippen molar-refractivity contribution in [3.63, 3.8) is 0 Å². The first-order valence-corrected chi connectivity index (χ1v) is 6.08. The second-order valence-electron chi connectivity index (χ2n) is 4.47. The van der Waals surface area contributed by atoms with Crippen molar-refractivity contribution in [3.8, 4) is 0 Å². The van der Waals surface area contributed by atoms with E-state index in [2.05, 4.69) is 25.8 Å². The van der Waals surface area contributed by atoms with E-state index in [1.54, 1.807) is 24.1 Å². The molecule has 1 amide bonds. The molecule has 1 aliphatic heterocycles. The van der Waals surface area contributed by atoms with Crippen LogP contribution in [0.25, 0.3) is 0 Å². The summed E-state index contributed by atoms with van der Waals surface area (Å²) in [6.45, 7) is 0.947. The standard InChI is InChI=1S/C11H14N6O2/c1-17-5-8(13-6-17)9(18)14-11-16-15-10(19-11)7-3-2-4-12-7/h5-7,12H,2-4H2,1H3,(H,14,16,18). The zero-order valence-corrected chi connectivity index (χ0v) is 10.5. The van der Waals surface area contributed by atoms with Crippen LogP contribution in [-0.4, -0.2) is 32.2 Å². The third-order valence-corrected chi connectivity index (χ3v) is 2.96. The van der Waals surface area contributed by atoms with E-state index in [-0.39, 0.29) is 18.0 Å². The van der Waals surface area contributed by atoms with Gasteiger partial charge in [-0.1, -0.05) is 5.10 Å². The number of carbonyl (C=O) groups excluding carboxylic acids is 1. The number of aryl methyl sites for hydroxylation is 1. The fraction of sp³-hybridized carbons (Fsp3) is 0.455. The van der Waals surface area contributed by atoms with Crippen molar-refractivity contribution in [1.82, 2.24) is 25.1 Å². The molecular weight excluding hydrogens is 248 g/mol. The maximum Gasteiger partial charge on any atom is 0.322 e. The Kier molecular flexibility index (Phi) is 3.00. The molecule has 8 nitrogen and oxygen atoms in total. The molecule has 8 heteroatoms. The molecule has 2 aromatic rings. The van der Waals surface area contributed by atoms with E-state index in [0.717, 1.165) is 19.4 Å². The number of hydrogen-bond acceptors (Lipinski definition) is 6. The van der Waals surface area contributed by atoms with Crippen molar-refractivity contribution in [2.24, 2.45) is 7.05 Å². The highest BCUT2D eigenvalue weighted by Gasteiger charge is 2.22. The number of amides is 1. The van der Waals surface area contributed by atoms with E-state index < -0.39 is 0 Å². The van der Waals surface area contributed by atoms with E-state index in [1.165, 1.54) is 0 Å². The highest BCUT2D eigenvalue weighted by molar-refractivity contribution is 6.01. The Bertz CT molecular complexity index is 584. The van der Waals surface area contributed by atoms with Crippen LogP contribution in [0.5, 0.6) is 0 Å². The van der Waals surface area contributed by atoms with Gasteiger partial charge in [-0.05, 0) is 19.4 Å². The van der Waals surface area contributed by atoms with Crippen molar-refractivity contribution in [1.29, 1.82) is 0 Å². The fourth-order valence-corrected chi connectivity index (χ4v) is 2.01. The normalized spacial score (nSPS) is 18.7. The summed E-state index contributed by atoms with van der Waals surface area (Å²) in [6, 6.07) is 0.187. The molecule has 1 unspecified atom stereocenters. The Morgan fingerprint density at radius 3 is 3.16 bits per heavy atom. The van der Waals surface area contributed by atoms with Gasteiger partial charge in [0.2, 0.25) is 5.89 Å². The number of nitrogens with one attached hydrogen (secondary N) is 2. The van der Waals surface area contributed by atoms with Crippen LogP contribution in [0.3, 0.4) is 0 Å². The lowest BCUT2D eigenvalue weighted by molar-refractivity contribution is 0.101. The Labute approximate surface area is 109 Å². The number of carbonyl (C=O) groups is 1. The van der Waals surface area contributed by atoms with Gasteiger partial charge in [0.25, 0.3) is 5.91 Å². The monoisotopic (exact) mass is 262 g/mol. The van der Waals surface area contributed by atoms with Crippen molar-refractivity contribution < 1.29 is 9.21 Å². The van der Waals surface area contributed by atoms with Crippen LogP contribution in [0, 0.1) is 0 Å². The second-order valence-corrected chi connectivity index (χ2v) is 4.47. The highest BCUT2D eigenvalue weighted by atomic mass is 16.4. The van der Waals surface area contributed by atoms with E-state index in [9.17, 15) is 4.79 Å². The van der Waals surface area contributed by atoms with E-state index in [1.807, 2.05) is 0 Å². The quantitative estimate of drug-likeness (QED) is 0.835. The Hall–Kier alpha value is -2.22. The Morgan fingerprint density at radius 2 is 2.47 bits per heavy atom. The molecule has 1 saturated heterocycles. The van der Waals surface area contributed by atoms with Gasteiger partial charge in [-0.25, -0.2) is 4.98 Å². The third-order valence-electron chi connectivity index (χ3n) is 2.96. The van der Waals surface area contributed by atoms with Crippen molar-refractivity contribution in [2.75, 3.05) is 11.9 Å². The van der Waals surface area contributed by atoms with Crippen LogP contribution in [0.1, 0.15) is 35.3 Å². The van der Waals surface area contributed by atoms with Gasteiger partial charge in [0, 0.05) is 13.2 Å². The number of nitrogens with zero attached hydrogens (tertiary/aromatic N) is 4. The van der Waals surface area contributed by atoms with Gasteiger partial charge in [0.05, 0.1) is 12.4 Å². The van der Waals surface area contributed by atoms with Crippen molar-refractivity contribution in [2.45, 2.75) is 18.9 Å².